The van der Waals surface area contributed by atoms with Gasteiger partial charge < -0.3 is 48.5 Å². The van der Waals surface area contributed by atoms with E-state index in [1.807, 2.05) is 6.92 Å². The van der Waals surface area contributed by atoms with Crippen LogP contribution in [0.25, 0.3) is 0 Å². The highest BCUT2D eigenvalue weighted by Crippen LogP contribution is 2.78. The van der Waals surface area contributed by atoms with Crippen molar-refractivity contribution in [3.63, 3.8) is 0 Å². The maximum absolute atomic E-state index is 13.9. The third-order valence-corrected chi connectivity index (χ3v) is 14.4. The summed E-state index contributed by atoms with van der Waals surface area (Å²) in [5, 5.41) is 36.4. The van der Waals surface area contributed by atoms with Gasteiger partial charge in [0, 0.05) is 58.5 Å². The summed E-state index contributed by atoms with van der Waals surface area (Å²) >= 11 is 0. The molecule has 0 aromatic rings. The second kappa shape index (κ2) is 13.7. The molecule has 0 amide bonds. The molecule has 54 heavy (non-hydrogen) atoms. The van der Waals surface area contributed by atoms with Crippen molar-refractivity contribution in [2.45, 2.75) is 136 Å². The molecule has 0 aromatic heterocycles. The molecule has 5 fully saturated rings. The first kappa shape index (κ1) is 41.8. The van der Waals surface area contributed by atoms with Gasteiger partial charge in [-0.2, -0.15) is 0 Å². The molecule has 1 saturated heterocycles. The average molecular weight is 769 g/mol. The lowest BCUT2D eigenvalue weighted by atomic mass is 9.31. The van der Waals surface area contributed by atoms with Crippen LogP contribution in [0.15, 0.2) is 0 Å². The van der Waals surface area contributed by atoms with Crippen molar-refractivity contribution >= 4 is 35.8 Å². The van der Waals surface area contributed by atoms with Crippen molar-refractivity contribution < 1.29 is 77.2 Å². The zero-order chi connectivity index (χ0) is 40.7. The monoisotopic (exact) mass is 768 g/mol. The van der Waals surface area contributed by atoms with Crippen LogP contribution < -0.4 is 0 Å². The zero-order valence-electron chi connectivity index (χ0n) is 33.0. The van der Waals surface area contributed by atoms with Crippen LogP contribution in [-0.4, -0.2) is 119 Å². The van der Waals surface area contributed by atoms with E-state index in [1.54, 1.807) is 20.8 Å². The van der Waals surface area contributed by atoms with Gasteiger partial charge in [-0.05, 0) is 50.4 Å². The molecule has 0 spiro atoms. The molecule has 1 heterocycles. The van der Waals surface area contributed by atoms with E-state index in [-0.39, 0.29) is 19.3 Å². The number of rotatable bonds is 9. The Bertz CT molecular complexity index is 1580. The van der Waals surface area contributed by atoms with E-state index >= 15 is 0 Å². The first-order valence-corrected chi connectivity index (χ1v) is 18.5. The fourth-order valence-corrected chi connectivity index (χ4v) is 12.7. The topological polar surface area (TPSA) is 231 Å². The fourth-order valence-electron chi connectivity index (χ4n) is 12.7. The lowest BCUT2D eigenvalue weighted by Gasteiger charge is -2.75. The Hall–Kier alpha value is -3.34. The van der Waals surface area contributed by atoms with Crippen molar-refractivity contribution in [3.05, 3.63) is 0 Å². The largest absolute Gasteiger partial charge is 0.467 e. The Morgan fingerprint density at radius 3 is 1.83 bits per heavy atom. The van der Waals surface area contributed by atoms with Gasteiger partial charge in [0.15, 0.2) is 12.2 Å². The highest BCUT2D eigenvalue weighted by Gasteiger charge is 2.91. The third kappa shape index (κ3) is 5.36. The van der Waals surface area contributed by atoms with Gasteiger partial charge in [-0.15, -0.1) is 0 Å². The van der Waals surface area contributed by atoms with Crippen molar-refractivity contribution in [2.75, 3.05) is 20.3 Å². The molecular weight excluding hydrogens is 712 g/mol. The van der Waals surface area contributed by atoms with E-state index < -0.39 is 142 Å². The van der Waals surface area contributed by atoms with E-state index in [9.17, 15) is 44.1 Å². The smallest absolute Gasteiger partial charge is 0.341 e. The number of epoxide rings is 1. The summed E-state index contributed by atoms with van der Waals surface area (Å²) in [5.41, 5.74) is -10.1. The summed E-state index contributed by atoms with van der Waals surface area (Å²) in [7, 11) is 1.18. The van der Waals surface area contributed by atoms with Gasteiger partial charge in [0.2, 0.25) is 5.60 Å². The summed E-state index contributed by atoms with van der Waals surface area (Å²) in [6, 6.07) is 0. The minimum absolute atomic E-state index is 0.0419. The quantitative estimate of drug-likeness (QED) is 0.171. The van der Waals surface area contributed by atoms with E-state index in [2.05, 4.69) is 0 Å². The number of hydrogen-bond donors (Lipinski definition) is 3. The number of carbonyl (C=O) groups excluding carboxylic acids is 6. The van der Waals surface area contributed by atoms with Gasteiger partial charge in [0.1, 0.15) is 24.4 Å². The van der Waals surface area contributed by atoms with Crippen LogP contribution in [-0.2, 0) is 61.9 Å². The number of fused-ring (bicyclic) bond motifs is 7. The maximum Gasteiger partial charge on any atom is 0.341 e. The first-order valence-electron chi connectivity index (χ1n) is 18.5. The summed E-state index contributed by atoms with van der Waals surface area (Å²) in [6.07, 6.45) is -7.74. The molecule has 16 atom stereocenters. The number of aliphatic hydroxyl groups excluding tert-OH is 2. The van der Waals surface area contributed by atoms with E-state index in [1.165, 1.54) is 21.0 Å². The van der Waals surface area contributed by atoms with E-state index in [0.717, 1.165) is 27.7 Å². The molecule has 5 aliphatic rings. The molecular formula is C38H56O16. The summed E-state index contributed by atoms with van der Waals surface area (Å²) in [4.78, 5) is 79.0. The summed E-state index contributed by atoms with van der Waals surface area (Å²) in [6.45, 7) is 12.7. The zero-order valence-corrected chi connectivity index (χ0v) is 33.0. The molecule has 304 valence electrons. The van der Waals surface area contributed by atoms with Crippen LogP contribution in [0.5, 0.6) is 0 Å². The van der Waals surface area contributed by atoms with Crippen molar-refractivity contribution in [3.8, 4) is 0 Å². The maximum atomic E-state index is 13.9. The molecule has 5 rings (SSSR count). The number of esters is 6. The Labute approximate surface area is 314 Å². The molecule has 16 nitrogen and oxygen atoms in total. The minimum Gasteiger partial charge on any atom is -0.467 e. The molecule has 0 aromatic carbocycles. The Morgan fingerprint density at radius 2 is 1.35 bits per heavy atom. The number of methoxy groups -OCH3 is 1. The molecule has 0 radical (unpaired) electrons. The van der Waals surface area contributed by atoms with Gasteiger partial charge in [0.25, 0.3) is 0 Å². The minimum atomic E-state index is -1.93. The van der Waals surface area contributed by atoms with Crippen molar-refractivity contribution in [1.82, 2.24) is 0 Å². The molecule has 0 bridgehead atoms. The van der Waals surface area contributed by atoms with Gasteiger partial charge in [0.05, 0.1) is 30.1 Å². The molecule has 4 aliphatic carbocycles. The normalized spacial score (nSPS) is 46.4. The Balaban J connectivity index is 1.91. The van der Waals surface area contributed by atoms with Crippen LogP contribution >= 0.6 is 0 Å². The highest BCUT2D eigenvalue weighted by atomic mass is 16.7. The lowest BCUT2D eigenvalue weighted by Crippen LogP contribution is -2.84. The van der Waals surface area contributed by atoms with Gasteiger partial charge in [-0.25, -0.2) is 4.79 Å². The standard InChI is InChI=1S/C38H56O16/c1-17-14-37(47)24-12-13-33(8)25(15-39)36(16-40,18(2)49-19(3)41)29(51-21(5)43)26(50-20(4)42)27(33)34(24,9)30(52-22(6)44)31(53-23(7)45)35(37,10)38(28(17)54-38)32(46)48-11/h17-18,24-31,39-40,47H,12-16H2,1-11H3/t17-,18?,24+,25-,26-,27-,28?,29-,30+,31-,33-,34-,35+,36+,37+,38-/m0/s1. The number of carbonyl (C=O) groups is 6. The summed E-state index contributed by atoms with van der Waals surface area (Å²) in [5.74, 6) is -8.32. The Kier molecular flexibility index (Phi) is 10.6. The number of ether oxygens (including phenoxy) is 7. The predicted octanol–water partition coefficient (Wildman–Crippen LogP) is 1.41. The van der Waals surface area contributed by atoms with Crippen LogP contribution in [0.3, 0.4) is 0 Å². The number of aliphatic hydroxyl groups is 3. The second-order valence-electron chi connectivity index (χ2n) is 16.9. The number of hydrogen-bond acceptors (Lipinski definition) is 16. The fraction of sp³-hybridized carbons (Fsp3) is 0.842. The Morgan fingerprint density at radius 1 is 0.815 bits per heavy atom. The highest BCUT2D eigenvalue weighted by molar-refractivity contribution is 5.86. The first-order chi connectivity index (χ1) is 25.0. The van der Waals surface area contributed by atoms with Gasteiger partial charge >= 0.3 is 35.8 Å². The van der Waals surface area contributed by atoms with Crippen molar-refractivity contribution in [2.24, 2.45) is 45.3 Å². The molecule has 2 unspecified atom stereocenters. The second-order valence-corrected chi connectivity index (χ2v) is 16.9. The van der Waals surface area contributed by atoms with Gasteiger partial charge in [-0.3, -0.25) is 24.0 Å². The van der Waals surface area contributed by atoms with Crippen LogP contribution in [0.4, 0.5) is 0 Å². The average Bonchev–Trinajstić information content (AvgIpc) is 3.82. The third-order valence-electron chi connectivity index (χ3n) is 14.4. The molecule has 16 heteroatoms. The summed E-state index contributed by atoms with van der Waals surface area (Å²) < 4.78 is 41.7. The van der Waals surface area contributed by atoms with E-state index in [4.69, 9.17) is 33.2 Å². The lowest BCUT2D eigenvalue weighted by molar-refractivity contribution is -0.365. The van der Waals surface area contributed by atoms with Crippen LogP contribution in [0.1, 0.15) is 88.5 Å². The molecule has 4 saturated carbocycles. The van der Waals surface area contributed by atoms with E-state index in [0.29, 0.717) is 0 Å². The van der Waals surface area contributed by atoms with Crippen LogP contribution in [0.2, 0.25) is 0 Å². The van der Waals surface area contributed by atoms with Crippen molar-refractivity contribution in [1.29, 1.82) is 0 Å². The van der Waals surface area contributed by atoms with Crippen LogP contribution in [0, 0.1) is 45.3 Å². The van der Waals surface area contributed by atoms with Gasteiger partial charge in [-0.1, -0.05) is 20.8 Å². The predicted molar refractivity (Wildman–Crippen MR) is 182 cm³/mol. The molecule has 1 aliphatic heterocycles. The SMILES string of the molecule is COC(=O)[C@@]12OC1[C@@H](C)C[C@@]1(O)[C@@H]3CC[C@@]4(C)[C@H](CO)[C@@](CO)(C(C)OC(C)=O)[C@@H](OC(C)=O)[C@@H](OC(C)=O)[C@@H]4[C@@]3(C)[C@H](OC(C)=O)[C@H](OC(C)=O)[C@@]21C. The molecule has 3 N–H and O–H groups in total.